The van der Waals surface area contributed by atoms with Crippen molar-refractivity contribution in [3.8, 4) is 5.69 Å². The molecular formula is C23H27N3O4. The van der Waals surface area contributed by atoms with Crippen molar-refractivity contribution >= 4 is 12.0 Å². The summed E-state index contributed by atoms with van der Waals surface area (Å²) in [4.78, 5) is 41.7. The van der Waals surface area contributed by atoms with E-state index in [1.807, 2.05) is 18.2 Å². The second-order valence-electron chi connectivity index (χ2n) is 7.80. The van der Waals surface area contributed by atoms with Gasteiger partial charge in [0, 0.05) is 32.4 Å². The van der Waals surface area contributed by atoms with Gasteiger partial charge in [0.15, 0.2) is 0 Å². The fourth-order valence-electron chi connectivity index (χ4n) is 4.37. The van der Waals surface area contributed by atoms with Gasteiger partial charge >= 0.3 is 6.09 Å². The van der Waals surface area contributed by atoms with Crippen molar-refractivity contribution in [1.82, 2.24) is 14.4 Å². The van der Waals surface area contributed by atoms with Gasteiger partial charge in [-0.3, -0.25) is 14.2 Å². The van der Waals surface area contributed by atoms with E-state index in [9.17, 15) is 14.4 Å². The monoisotopic (exact) mass is 409 g/mol. The first kappa shape index (κ1) is 20.2. The summed E-state index contributed by atoms with van der Waals surface area (Å²) < 4.78 is 6.64. The topological polar surface area (TPSA) is 71.8 Å². The molecule has 2 amide bonds. The van der Waals surface area contributed by atoms with Crippen LogP contribution in [0.4, 0.5) is 4.79 Å². The minimum atomic E-state index is -0.360. The standard InChI is InChI=1S/C23H27N3O4/c1-3-30-23(29)25-14-12-24(13-15-25)21(27)20-16(2)10-11-26(22(20)28)19-9-5-7-17-6-4-8-18(17)19/h5,7,9-11H,3-4,6,8,12-15H2,1-2H3. The molecule has 1 saturated heterocycles. The van der Waals surface area contributed by atoms with Gasteiger partial charge in [-0.25, -0.2) is 4.79 Å². The number of hydrogen-bond acceptors (Lipinski definition) is 4. The molecule has 30 heavy (non-hydrogen) atoms. The Morgan fingerprint density at radius 3 is 2.50 bits per heavy atom. The summed E-state index contributed by atoms with van der Waals surface area (Å²) in [6, 6.07) is 7.87. The molecule has 0 saturated carbocycles. The lowest BCUT2D eigenvalue weighted by molar-refractivity contribution is 0.0568. The van der Waals surface area contributed by atoms with E-state index in [2.05, 4.69) is 6.07 Å². The van der Waals surface area contributed by atoms with Crippen LogP contribution in [0, 0.1) is 6.92 Å². The molecule has 0 spiro atoms. The van der Waals surface area contributed by atoms with Crippen LogP contribution < -0.4 is 5.56 Å². The highest BCUT2D eigenvalue weighted by atomic mass is 16.6. The molecule has 1 fully saturated rings. The lowest BCUT2D eigenvalue weighted by Crippen LogP contribution is -2.51. The lowest BCUT2D eigenvalue weighted by Gasteiger charge is -2.34. The summed E-state index contributed by atoms with van der Waals surface area (Å²) in [7, 11) is 0. The summed E-state index contributed by atoms with van der Waals surface area (Å²) in [5.74, 6) is -0.275. The van der Waals surface area contributed by atoms with Crippen molar-refractivity contribution in [3.05, 3.63) is 63.1 Å². The molecule has 0 atom stereocenters. The number of carbonyl (C=O) groups excluding carboxylic acids is 2. The summed E-state index contributed by atoms with van der Waals surface area (Å²) in [6.45, 7) is 5.45. The van der Waals surface area contributed by atoms with E-state index in [1.54, 1.807) is 34.4 Å². The molecule has 1 aromatic heterocycles. The Bertz CT molecular complexity index is 1040. The van der Waals surface area contributed by atoms with Crippen LogP contribution in [0.3, 0.4) is 0 Å². The Hall–Kier alpha value is -3.09. The Labute approximate surface area is 175 Å². The van der Waals surface area contributed by atoms with Crippen LogP contribution in [0.2, 0.25) is 0 Å². The highest BCUT2D eigenvalue weighted by Crippen LogP contribution is 2.27. The van der Waals surface area contributed by atoms with Crippen LogP contribution in [-0.4, -0.2) is 59.2 Å². The molecule has 2 aromatic rings. The second-order valence-corrected chi connectivity index (χ2v) is 7.80. The first-order valence-electron chi connectivity index (χ1n) is 10.6. The van der Waals surface area contributed by atoms with Crippen LogP contribution >= 0.6 is 0 Å². The minimum Gasteiger partial charge on any atom is -0.450 e. The quantitative estimate of drug-likeness (QED) is 0.781. The van der Waals surface area contributed by atoms with Crippen molar-refractivity contribution < 1.29 is 14.3 Å². The van der Waals surface area contributed by atoms with Crippen molar-refractivity contribution in [3.63, 3.8) is 0 Å². The maximum Gasteiger partial charge on any atom is 0.409 e. The maximum atomic E-state index is 13.4. The molecule has 4 rings (SSSR count). The molecular weight excluding hydrogens is 382 g/mol. The van der Waals surface area contributed by atoms with E-state index >= 15 is 0 Å². The van der Waals surface area contributed by atoms with E-state index in [0.29, 0.717) is 38.3 Å². The van der Waals surface area contributed by atoms with Crippen molar-refractivity contribution in [2.24, 2.45) is 0 Å². The van der Waals surface area contributed by atoms with Crippen LogP contribution in [0.25, 0.3) is 5.69 Å². The number of amides is 2. The average molecular weight is 409 g/mol. The fourth-order valence-corrected chi connectivity index (χ4v) is 4.37. The zero-order valence-electron chi connectivity index (χ0n) is 17.5. The molecule has 0 bridgehead atoms. The van der Waals surface area contributed by atoms with Gasteiger partial charge in [0.2, 0.25) is 0 Å². The minimum absolute atomic E-state index is 0.206. The number of aryl methyl sites for hydroxylation is 2. The number of ether oxygens (including phenoxy) is 1. The number of piperazine rings is 1. The van der Waals surface area contributed by atoms with Gasteiger partial charge in [-0.2, -0.15) is 0 Å². The van der Waals surface area contributed by atoms with Gasteiger partial charge < -0.3 is 14.5 Å². The van der Waals surface area contributed by atoms with E-state index < -0.39 is 0 Å². The Morgan fingerprint density at radius 1 is 1.03 bits per heavy atom. The number of rotatable bonds is 3. The number of hydrogen-bond donors (Lipinski definition) is 0. The highest BCUT2D eigenvalue weighted by Gasteiger charge is 2.28. The Morgan fingerprint density at radius 2 is 1.77 bits per heavy atom. The van der Waals surface area contributed by atoms with Crippen molar-refractivity contribution in [2.45, 2.75) is 33.1 Å². The normalized spacial score (nSPS) is 15.8. The van der Waals surface area contributed by atoms with Gasteiger partial charge in [0.1, 0.15) is 5.56 Å². The summed E-state index contributed by atoms with van der Waals surface area (Å²) in [5, 5.41) is 0. The second kappa shape index (κ2) is 8.34. The molecule has 2 heterocycles. The zero-order chi connectivity index (χ0) is 21.3. The van der Waals surface area contributed by atoms with Gasteiger partial charge in [0.05, 0.1) is 12.3 Å². The highest BCUT2D eigenvalue weighted by molar-refractivity contribution is 5.95. The maximum absolute atomic E-state index is 13.4. The van der Waals surface area contributed by atoms with Crippen molar-refractivity contribution in [1.29, 1.82) is 0 Å². The molecule has 1 aliphatic carbocycles. The fraction of sp³-hybridized carbons (Fsp3) is 0.435. The number of pyridine rings is 1. The largest absolute Gasteiger partial charge is 0.450 e. The average Bonchev–Trinajstić information content (AvgIpc) is 3.23. The SMILES string of the molecule is CCOC(=O)N1CCN(C(=O)c2c(C)ccn(-c3cccc4c3CCC4)c2=O)CC1. The molecule has 7 nitrogen and oxygen atoms in total. The number of benzene rings is 1. The van der Waals surface area contributed by atoms with E-state index in [-0.39, 0.29) is 23.1 Å². The van der Waals surface area contributed by atoms with Crippen molar-refractivity contribution in [2.75, 3.05) is 32.8 Å². The van der Waals surface area contributed by atoms with Crippen LogP contribution in [-0.2, 0) is 17.6 Å². The summed E-state index contributed by atoms with van der Waals surface area (Å²) >= 11 is 0. The number of nitrogens with zero attached hydrogens (tertiary/aromatic N) is 3. The third kappa shape index (κ3) is 3.60. The first-order chi connectivity index (χ1) is 14.5. The Balaban J connectivity index is 1.61. The predicted octanol–water partition coefficient (Wildman–Crippen LogP) is 2.55. The molecule has 2 aliphatic rings. The molecule has 1 aromatic carbocycles. The number of carbonyl (C=O) groups is 2. The van der Waals surface area contributed by atoms with E-state index in [0.717, 1.165) is 24.9 Å². The van der Waals surface area contributed by atoms with Gasteiger partial charge in [-0.15, -0.1) is 0 Å². The number of fused-ring (bicyclic) bond motifs is 1. The van der Waals surface area contributed by atoms with Gasteiger partial charge in [0.25, 0.3) is 11.5 Å². The summed E-state index contributed by atoms with van der Waals surface area (Å²) in [6.07, 6.45) is 4.47. The number of aromatic nitrogens is 1. The molecule has 0 radical (unpaired) electrons. The van der Waals surface area contributed by atoms with Crippen LogP contribution in [0.5, 0.6) is 0 Å². The Kier molecular flexibility index (Phi) is 5.61. The third-order valence-electron chi connectivity index (χ3n) is 5.99. The van der Waals surface area contributed by atoms with E-state index in [1.165, 1.54) is 11.1 Å². The van der Waals surface area contributed by atoms with Crippen LogP contribution in [0.15, 0.2) is 35.3 Å². The first-order valence-corrected chi connectivity index (χ1v) is 10.6. The molecule has 158 valence electrons. The molecule has 7 heteroatoms. The molecule has 0 N–H and O–H groups in total. The third-order valence-corrected chi connectivity index (χ3v) is 5.99. The molecule has 1 aliphatic heterocycles. The molecule has 0 unspecified atom stereocenters. The summed E-state index contributed by atoms with van der Waals surface area (Å²) in [5.41, 5.74) is 3.94. The smallest absolute Gasteiger partial charge is 0.409 e. The zero-order valence-corrected chi connectivity index (χ0v) is 17.5. The van der Waals surface area contributed by atoms with Crippen LogP contribution in [0.1, 0.15) is 40.4 Å². The van der Waals surface area contributed by atoms with E-state index in [4.69, 9.17) is 4.74 Å². The van der Waals surface area contributed by atoms with Gasteiger partial charge in [-0.05, 0) is 61.9 Å². The van der Waals surface area contributed by atoms with Gasteiger partial charge in [-0.1, -0.05) is 12.1 Å². The predicted molar refractivity (Wildman–Crippen MR) is 113 cm³/mol. The lowest BCUT2D eigenvalue weighted by atomic mass is 10.1.